The van der Waals surface area contributed by atoms with Crippen LogP contribution in [0.4, 0.5) is 0 Å². The van der Waals surface area contributed by atoms with Gasteiger partial charge in [0.1, 0.15) is 0 Å². The van der Waals surface area contributed by atoms with Crippen LogP contribution in [-0.2, 0) is 17.8 Å². The maximum absolute atomic E-state index is 10.9. The maximum Gasteiger partial charge on any atom is 0.335 e. The van der Waals surface area contributed by atoms with Crippen molar-refractivity contribution >= 4 is 12.4 Å². The topological polar surface area (TPSA) is 57.6 Å². The number of hydrogen-bond acceptors (Lipinski definition) is 2. The highest BCUT2D eigenvalue weighted by molar-refractivity contribution is 5.90. The third-order valence-corrected chi connectivity index (χ3v) is 2.67. The molecule has 0 aliphatic carbocycles. The summed E-state index contributed by atoms with van der Waals surface area (Å²) >= 11 is 0. The van der Waals surface area contributed by atoms with Crippen LogP contribution >= 0.6 is 0 Å². The van der Waals surface area contributed by atoms with Crippen molar-refractivity contribution in [1.29, 1.82) is 0 Å². The van der Waals surface area contributed by atoms with Crippen molar-refractivity contribution in [2.45, 2.75) is 13.0 Å². The van der Waals surface area contributed by atoms with Gasteiger partial charge in [-0.3, -0.25) is 4.79 Å². The highest BCUT2D eigenvalue weighted by Crippen LogP contribution is 2.21. The van der Waals surface area contributed by atoms with Crippen molar-refractivity contribution < 1.29 is 14.7 Å². The fourth-order valence-electron chi connectivity index (χ4n) is 1.92. The highest BCUT2D eigenvalue weighted by Gasteiger charge is 2.19. The Morgan fingerprint density at radius 2 is 2.27 bits per heavy atom. The minimum absolute atomic E-state index is 0.359. The van der Waals surface area contributed by atoms with Gasteiger partial charge in [-0.05, 0) is 23.6 Å². The van der Waals surface area contributed by atoms with Crippen molar-refractivity contribution in [3.63, 3.8) is 0 Å². The third-order valence-electron chi connectivity index (χ3n) is 2.67. The summed E-state index contributed by atoms with van der Waals surface area (Å²) in [6.07, 6.45) is 1.42. The van der Waals surface area contributed by atoms with Gasteiger partial charge in [-0.2, -0.15) is 0 Å². The number of rotatable bonds is 2. The number of benzene rings is 1. The molecule has 0 unspecified atom stereocenters. The van der Waals surface area contributed by atoms with Crippen LogP contribution in [-0.4, -0.2) is 28.9 Å². The van der Waals surface area contributed by atoms with Crippen LogP contribution in [0.2, 0.25) is 0 Å². The molecule has 4 nitrogen and oxygen atoms in total. The molecule has 2 rings (SSSR count). The van der Waals surface area contributed by atoms with Crippen molar-refractivity contribution in [2.24, 2.45) is 0 Å². The number of nitrogens with zero attached hydrogens (tertiary/aromatic N) is 1. The maximum atomic E-state index is 10.9. The summed E-state index contributed by atoms with van der Waals surface area (Å²) in [4.78, 5) is 23.2. The molecule has 4 heteroatoms. The SMILES string of the molecule is O=CN1CCc2c(cccc2C(=O)O)C1. The fraction of sp³-hybridized carbons (Fsp3) is 0.273. The molecular weight excluding hydrogens is 194 g/mol. The van der Waals surface area contributed by atoms with Crippen molar-refractivity contribution in [2.75, 3.05) is 6.54 Å². The van der Waals surface area contributed by atoms with Gasteiger partial charge in [0.2, 0.25) is 6.41 Å². The molecule has 1 heterocycles. The number of hydrogen-bond donors (Lipinski definition) is 1. The first-order valence-electron chi connectivity index (χ1n) is 4.76. The molecule has 0 atom stereocenters. The molecule has 78 valence electrons. The van der Waals surface area contributed by atoms with E-state index in [1.165, 1.54) is 0 Å². The number of carboxylic acid groups (broad SMARTS) is 1. The zero-order chi connectivity index (χ0) is 10.8. The van der Waals surface area contributed by atoms with Gasteiger partial charge in [-0.15, -0.1) is 0 Å². The van der Waals surface area contributed by atoms with E-state index in [9.17, 15) is 9.59 Å². The molecule has 1 aliphatic rings. The lowest BCUT2D eigenvalue weighted by molar-refractivity contribution is -0.118. The first-order chi connectivity index (χ1) is 7.22. The number of carbonyl (C=O) groups is 2. The molecule has 1 N–H and O–H groups in total. The third kappa shape index (κ3) is 1.70. The Morgan fingerprint density at radius 3 is 2.93 bits per heavy atom. The Kier molecular flexibility index (Phi) is 2.41. The molecule has 15 heavy (non-hydrogen) atoms. The number of fused-ring (bicyclic) bond motifs is 1. The van der Waals surface area contributed by atoms with Crippen LogP contribution in [0.1, 0.15) is 21.5 Å². The van der Waals surface area contributed by atoms with Gasteiger partial charge in [0, 0.05) is 13.1 Å². The lowest BCUT2D eigenvalue weighted by Gasteiger charge is -2.26. The van der Waals surface area contributed by atoms with Gasteiger partial charge in [0.15, 0.2) is 0 Å². The van der Waals surface area contributed by atoms with Gasteiger partial charge < -0.3 is 10.0 Å². The minimum Gasteiger partial charge on any atom is -0.478 e. The van der Waals surface area contributed by atoms with E-state index < -0.39 is 5.97 Å². The summed E-state index contributed by atoms with van der Waals surface area (Å²) in [6, 6.07) is 5.20. The van der Waals surface area contributed by atoms with Crippen LogP contribution in [0.5, 0.6) is 0 Å². The molecule has 0 bridgehead atoms. The second kappa shape index (κ2) is 3.73. The van der Waals surface area contributed by atoms with Crippen LogP contribution in [0, 0.1) is 0 Å². The van der Waals surface area contributed by atoms with Gasteiger partial charge in [-0.25, -0.2) is 4.79 Å². The molecule has 0 saturated heterocycles. The number of aromatic carboxylic acids is 1. The normalized spacial score (nSPS) is 14.5. The zero-order valence-electron chi connectivity index (χ0n) is 8.14. The highest BCUT2D eigenvalue weighted by atomic mass is 16.4. The van der Waals surface area contributed by atoms with E-state index >= 15 is 0 Å². The smallest absolute Gasteiger partial charge is 0.335 e. The summed E-state index contributed by atoms with van der Waals surface area (Å²) in [5.74, 6) is -0.897. The first kappa shape index (κ1) is 9.71. The lowest BCUT2D eigenvalue weighted by atomic mass is 9.95. The van der Waals surface area contributed by atoms with Gasteiger partial charge in [0.05, 0.1) is 5.56 Å². The summed E-state index contributed by atoms with van der Waals surface area (Å²) in [5.41, 5.74) is 2.16. The predicted octanol–water partition coefficient (Wildman–Crippen LogP) is 0.899. The van der Waals surface area contributed by atoms with Crippen molar-refractivity contribution in [3.8, 4) is 0 Å². The largest absolute Gasteiger partial charge is 0.478 e. The molecule has 0 fully saturated rings. The van der Waals surface area contributed by atoms with Gasteiger partial charge >= 0.3 is 5.97 Å². The molecule has 1 aromatic rings. The Bertz CT molecular complexity index is 414. The standard InChI is InChI=1S/C11H11NO3/c13-7-12-5-4-9-8(6-12)2-1-3-10(9)11(14)15/h1-3,7H,4-6H2,(H,14,15). The van der Waals surface area contributed by atoms with E-state index in [-0.39, 0.29) is 0 Å². The molecule has 1 aliphatic heterocycles. The van der Waals surface area contributed by atoms with Gasteiger partial charge in [-0.1, -0.05) is 12.1 Å². The van der Waals surface area contributed by atoms with E-state index in [1.54, 1.807) is 17.0 Å². The average molecular weight is 205 g/mol. The van der Waals surface area contributed by atoms with Crippen LogP contribution in [0.3, 0.4) is 0 Å². The Hall–Kier alpha value is -1.84. The molecule has 1 amide bonds. The number of carboxylic acids is 1. The van der Waals surface area contributed by atoms with E-state index in [4.69, 9.17) is 5.11 Å². The van der Waals surface area contributed by atoms with Crippen molar-refractivity contribution in [3.05, 3.63) is 34.9 Å². The summed E-state index contributed by atoms with van der Waals surface area (Å²) in [7, 11) is 0. The Morgan fingerprint density at radius 1 is 1.47 bits per heavy atom. The fourth-order valence-corrected chi connectivity index (χ4v) is 1.92. The molecule has 0 radical (unpaired) electrons. The minimum atomic E-state index is -0.897. The zero-order valence-corrected chi connectivity index (χ0v) is 8.14. The van der Waals surface area contributed by atoms with Crippen LogP contribution < -0.4 is 0 Å². The Balaban J connectivity index is 2.41. The van der Waals surface area contributed by atoms with Crippen LogP contribution in [0.15, 0.2) is 18.2 Å². The Labute approximate surface area is 87.1 Å². The van der Waals surface area contributed by atoms with Gasteiger partial charge in [0.25, 0.3) is 0 Å². The summed E-state index contributed by atoms with van der Waals surface area (Å²) < 4.78 is 0. The summed E-state index contributed by atoms with van der Waals surface area (Å²) in [6.45, 7) is 1.11. The molecule has 0 spiro atoms. The lowest BCUT2D eigenvalue weighted by Crippen LogP contribution is -2.30. The monoisotopic (exact) mass is 205 g/mol. The molecule has 0 aromatic heterocycles. The van der Waals surface area contributed by atoms with E-state index in [1.807, 2.05) is 6.07 Å². The molecule has 1 aromatic carbocycles. The second-order valence-electron chi connectivity index (χ2n) is 3.57. The molecule has 0 saturated carbocycles. The summed E-state index contributed by atoms with van der Waals surface area (Å²) in [5, 5.41) is 8.98. The number of carbonyl (C=O) groups excluding carboxylic acids is 1. The molecular formula is C11H11NO3. The quantitative estimate of drug-likeness (QED) is 0.730. The van der Waals surface area contributed by atoms with E-state index in [0.717, 1.165) is 17.5 Å². The average Bonchev–Trinajstić information content (AvgIpc) is 2.27. The van der Waals surface area contributed by atoms with Crippen LogP contribution in [0.25, 0.3) is 0 Å². The first-order valence-corrected chi connectivity index (χ1v) is 4.76. The number of amides is 1. The van der Waals surface area contributed by atoms with E-state index in [0.29, 0.717) is 25.1 Å². The van der Waals surface area contributed by atoms with Crippen molar-refractivity contribution in [1.82, 2.24) is 4.90 Å². The van der Waals surface area contributed by atoms with E-state index in [2.05, 4.69) is 0 Å². The predicted molar refractivity (Wildman–Crippen MR) is 53.6 cm³/mol. The second-order valence-corrected chi connectivity index (χ2v) is 3.57.